The van der Waals surface area contributed by atoms with Crippen LogP contribution in [0, 0.1) is 5.92 Å². The molecule has 2 aliphatic rings. The molecule has 0 bridgehead atoms. The molecule has 1 fully saturated rings. The van der Waals surface area contributed by atoms with Gasteiger partial charge in [-0.25, -0.2) is 9.78 Å². The number of hydrogen-bond acceptors (Lipinski definition) is 5. The van der Waals surface area contributed by atoms with Crippen LogP contribution in [0.5, 0.6) is 0 Å². The summed E-state index contributed by atoms with van der Waals surface area (Å²) >= 11 is 7.24. The van der Waals surface area contributed by atoms with Gasteiger partial charge in [0.2, 0.25) is 5.91 Å². The maximum atomic E-state index is 12.1. The van der Waals surface area contributed by atoms with Crippen molar-refractivity contribution in [3.8, 4) is 0 Å². The van der Waals surface area contributed by atoms with Crippen molar-refractivity contribution in [2.24, 2.45) is 5.92 Å². The Balaban J connectivity index is 2.07. The zero-order valence-corrected chi connectivity index (χ0v) is 12.4. The Morgan fingerprint density at radius 2 is 2.29 bits per heavy atom. The fraction of sp³-hybridized carbons (Fsp3) is 0.308. The van der Waals surface area contributed by atoms with Crippen molar-refractivity contribution in [2.75, 3.05) is 0 Å². The van der Waals surface area contributed by atoms with E-state index < -0.39 is 23.4 Å². The van der Waals surface area contributed by atoms with E-state index in [4.69, 9.17) is 11.6 Å². The number of thioether (sulfide) groups is 1. The fourth-order valence-corrected chi connectivity index (χ4v) is 4.43. The molecule has 0 saturated carbocycles. The number of β-lactam (4-membered cyclic amide) rings is 1. The van der Waals surface area contributed by atoms with Gasteiger partial charge in [-0.3, -0.25) is 9.69 Å². The number of nitrogens with zero attached hydrogens (tertiary/aromatic N) is 2. The molecule has 0 spiro atoms. The molecule has 0 unspecified atom stereocenters. The number of hydrogen-bond donors (Lipinski definition) is 2. The van der Waals surface area contributed by atoms with Crippen LogP contribution in [0.25, 0.3) is 4.91 Å². The number of aromatic nitrogens is 1. The zero-order valence-electron chi connectivity index (χ0n) is 10.9. The van der Waals surface area contributed by atoms with Crippen molar-refractivity contribution in [1.82, 2.24) is 9.88 Å². The number of amides is 1. The number of fused-ring (bicyclic) bond motifs is 1. The smallest absolute Gasteiger partial charge is 0.353 e. The largest absolute Gasteiger partial charge is 0.477 e. The molecule has 3 atom stereocenters. The van der Waals surface area contributed by atoms with E-state index in [1.54, 1.807) is 12.1 Å². The van der Waals surface area contributed by atoms with Gasteiger partial charge in [-0.05, 0) is 19.1 Å². The summed E-state index contributed by atoms with van der Waals surface area (Å²) in [6.45, 7) is 1.52. The first-order valence-electron chi connectivity index (χ1n) is 6.19. The van der Waals surface area contributed by atoms with Crippen LogP contribution < -0.4 is 0 Å². The highest BCUT2D eigenvalue weighted by molar-refractivity contribution is 8.09. The highest BCUT2D eigenvalue weighted by atomic mass is 35.5. The maximum Gasteiger partial charge on any atom is 0.353 e. The first-order valence-corrected chi connectivity index (χ1v) is 7.45. The van der Waals surface area contributed by atoms with Crippen LogP contribution in [-0.4, -0.2) is 43.5 Å². The van der Waals surface area contributed by atoms with Gasteiger partial charge in [-0.2, -0.15) is 0 Å². The Morgan fingerprint density at radius 3 is 2.86 bits per heavy atom. The summed E-state index contributed by atoms with van der Waals surface area (Å²) in [6.07, 6.45) is 0.676. The molecular weight excluding hydrogens is 316 g/mol. The highest BCUT2D eigenvalue weighted by Crippen LogP contribution is 2.54. The van der Waals surface area contributed by atoms with Crippen LogP contribution in [0.3, 0.4) is 0 Å². The minimum absolute atomic E-state index is 0.0956. The average Bonchev–Trinajstić information content (AvgIpc) is 2.74. The molecule has 1 amide bonds. The van der Waals surface area contributed by atoms with Crippen LogP contribution in [-0.2, 0) is 9.59 Å². The third-order valence-corrected chi connectivity index (χ3v) is 5.20. The lowest BCUT2D eigenvalue weighted by Gasteiger charge is -2.43. The van der Waals surface area contributed by atoms with Crippen molar-refractivity contribution in [1.29, 1.82) is 0 Å². The second-order valence-corrected chi connectivity index (χ2v) is 6.29. The van der Waals surface area contributed by atoms with Crippen LogP contribution in [0.1, 0.15) is 12.5 Å². The number of carboxylic acid groups (broad SMARTS) is 1. The second-order valence-electron chi connectivity index (χ2n) is 4.81. The van der Waals surface area contributed by atoms with E-state index in [1.165, 1.54) is 29.8 Å². The Bertz CT molecular complexity index is 676. The minimum atomic E-state index is -1.20. The van der Waals surface area contributed by atoms with E-state index in [0.29, 0.717) is 10.5 Å². The summed E-state index contributed by atoms with van der Waals surface area (Å²) in [5, 5.41) is 18.8. The molecule has 0 radical (unpaired) electrons. The Morgan fingerprint density at radius 1 is 1.57 bits per heavy atom. The predicted octanol–water partition coefficient (Wildman–Crippen LogP) is 1.40. The van der Waals surface area contributed by atoms with Crippen molar-refractivity contribution >= 4 is 40.1 Å². The molecule has 3 heterocycles. The highest BCUT2D eigenvalue weighted by Gasteiger charge is 2.57. The molecule has 1 aromatic rings. The van der Waals surface area contributed by atoms with E-state index in [0.717, 1.165) is 0 Å². The summed E-state index contributed by atoms with van der Waals surface area (Å²) in [7, 11) is 0. The molecule has 0 aliphatic carbocycles. The number of carbonyl (C=O) groups is 2. The molecule has 0 aromatic carbocycles. The molecule has 3 rings (SSSR count). The van der Waals surface area contributed by atoms with Gasteiger partial charge in [-0.1, -0.05) is 23.4 Å². The molecule has 1 aromatic heterocycles. The number of aliphatic hydroxyl groups excluding tert-OH is 1. The van der Waals surface area contributed by atoms with Gasteiger partial charge in [0.25, 0.3) is 0 Å². The lowest BCUT2D eigenvalue weighted by molar-refractivity contribution is -0.156. The SMILES string of the molecule is C[C@@H](O)[C@H]1C(=O)N2C(C(=O)O)=C(c3cccnc3Cl)S[C@H]12. The monoisotopic (exact) mass is 326 g/mol. The minimum Gasteiger partial charge on any atom is -0.477 e. The molecule has 2 aliphatic heterocycles. The Kier molecular flexibility index (Phi) is 3.43. The third kappa shape index (κ3) is 2.04. The number of pyridine rings is 1. The van der Waals surface area contributed by atoms with Gasteiger partial charge in [0.15, 0.2) is 0 Å². The third-order valence-electron chi connectivity index (χ3n) is 3.50. The predicted molar refractivity (Wildman–Crippen MR) is 77.2 cm³/mol. The molecular formula is C13H11ClN2O4S. The molecule has 21 heavy (non-hydrogen) atoms. The van der Waals surface area contributed by atoms with E-state index >= 15 is 0 Å². The summed E-state index contributed by atoms with van der Waals surface area (Å²) in [4.78, 5) is 29.1. The summed E-state index contributed by atoms with van der Waals surface area (Å²) in [5.41, 5.74) is 0.384. The second kappa shape index (κ2) is 5.01. The normalized spacial score (nSPS) is 25.7. The van der Waals surface area contributed by atoms with E-state index in [-0.39, 0.29) is 16.8 Å². The first kappa shape index (κ1) is 14.4. The molecule has 8 heteroatoms. The van der Waals surface area contributed by atoms with Crippen molar-refractivity contribution in [3.63, 3.8) is 0 Å². The van der Waals surface area contributed by atoms with E-state index in [2.05, 4.69) is 4.98 Å². The van der Waals surface area contributed by atoms with Gasteiger partial charge in [0.1, 0.15) is 16.2 Å². The zero-order chi connectivity index (χ0) is 15.3. The first-order chi connectivity index (χ1) is 9.93. The standard InChI is InChI=1S/C13H11ClN2O4S/c1-5(17)7-11(18)16-8(13(19)20)9(21-12(7)16)6-3-2-4-15-10(6)14/h2-5,7,12,17H,1H3,(H,19,20)/t5-,7+,12-/m1/s1. The Hall–Kier alpha value is -1.57. The van der Waals surface area contributed by atoms with Crippen LogP contribution >= 0.6 is 23.4 Å². The quantitative estimate of drug-likeness (QED) is 0.644. The number of halogens is 1. The van der Waals surface area contributed by atoms with Gasteiger partial charge >= 0.3 is 5.97 Å². The number of carbonyl (C=O) groups excluding carboxylic acids is 1. The van der Waals surface area contributed by atoms with Crippen molar-refractivity contribution in [3.05, 3.63) is 34.7 Å². The van der Waals surface area contributed by atoms with Crippen molar-refractivity contribution < 1.29 is 19.8 Å². The summed E-state index contributed by atoms with van der Waals surface area (Å²) < 4.78 is 0. The average molecular weight is 327 g/mol. The van der Waals surface area contributed by atoms with Crippen LogP contribution in [0.2, 0.25) is 5.15 Å². The molecule has 6 nitrogen and oxygen atoms in total. The summed E-state index contributed by atoms with van der Waals surface area (Å²) in [5.74, 6) is -2.18. The lowest BCUT2D eigenvalue weighted by Crippen LogP contribution is -2.60. The van der Waals surface area contributed by atoms with Crippen LogP contribution in [0.15, 0.2) is 24.0 Å². The Labute approximate surface area is 129 Å². The van der Waals surface area contributed by atoms with Gasteiger partial charge < -0.3 is 10.2 Å². The summed E-state index contributed by atoms with van der Waals surface area (Å²) in [6, 6.07) is 3.31. The van der Waals surface area contributed by atoms with E-state index in [9.17, 15) is 19.8 Å². The number of aliphatic hydroxyl groups is 1. The van der Waals surface area contributed by atoms with Crippen molar-refractivity contribution in [2.45, 2.75) is 18.4 Å². The molecule has 110 valence electrons. The van der Waals surface area contributed by atoms with Gasteiger partial charge in [0.05, 0.1) is 16.9 Å². The van der Waals surface area contributed by atoms with Crippen LogP contribution in [0.4, 0.5) is 0 Å². The topological polar surface area (TPSA) is 90.7 Å². The van der Waals surface area contributed by atoms with Gasteiger partial charge in [-0.15, -0.1) is 0 Å². The molecule has 2 N–H and O–H groups in total. The maximum absolute atomic E-state index is 12.1. The molecule has 1 saturated heterocycles. The number of aliphatic carboxylic acids is 1. The number of rotatable bonds is 3. The van der Waals surface area contributed by atoms with Gasteiger partial charge in [0, 0.05) is 11.8 Å². The fourth-order valence-electron chi connectivity index (χ4n) is 2.53. The lowest BCUT2D eigenvalue weighted by atomic mass is 9.92. The van der Waals surface area contributed by atoms with E-state index in [1.807, 2.05) is 0 Å². The number of carboxylic acids is 1.